The van der Waals surface area contributed by atoms with Gasteiger partial charge in [0.15, 0.2) is 5.78 Å². The number of nitrogens with zero attached hydrogens (tertiary/aromatic N) is 1. The van der Waals surface area contributed by atoms with E-state index in [1.165, 1.54) is 0 Å². The Hall–Kier alpha value is -0.450. The summed E-state index contributed by atoms with van der Waals surface area (Å²) in [5, 5.41) is 9.80. The highest BCUT2D eigenvalue weighted by atomic mass is 16.5. The highest BCUT2D eigenvalue weighted by Crippen LogP contribution is 2.39. The van der Waals surface area contributed by atoms with Gasteiger partial charge < -0.3 is 14.7 Å². The van der Waals surface area contributed by atoms with E-state index in [0.29, 0.717) is 13.1 Å². The number of hydrogen-bond acceptors (Lipinski definition) is 4. The number of hydrogen-bond donors (Lipinski definition) is 1. The first kappa shape index (κ1) is 15.6. The summed E-state index contributed by atoms with van der Waals surface area (Å²) in [6.45, 7) is 12.3. The van der Waals surface area contributed by atoms with E-state index >= 15 is 0 Å². The van der Waals surface area contributed by atoms with Gasteiger partial charge in [-0.25, -0.2) is 0 Å². The van der Waals surface area contributed by atoms with Crippen LogP contribution in [0, 0.1) is 5.92 Å². The fourth-order valence-electron chi connectivity index (χ4n) is 2.85. The molecule has 18 heavy (non-hydrogen) atoms. The lowest BCUT2D eigenvalue weighted by atomic mass is 9.85. The van der Waals surface area contributed by atoms with Gasteiger partial charge in [-0.3, -0.25) is 4.79 Å². The molecule has 4 heteroatoms. The van der Waals surface area contributed by atoms with E-state index in [1.807, 2.05) is 39.6 Å². The quantitative estimate of drug-likeness (QED) is 0.828. The Morgan fingerprint density at radius 2 is 1.83 bits per heavy atom. The van der Waals surface area contributed by atoms with Crippen LogP contribution in [0.3, 0.4) is 0 Å². The monoisotopic (exact) mass is 257 g/mol. The maximum absolute atomic E-state index is 12.3. The Kier molecular flexibility index (Phi) is 3.97. The van der Waals surface area contributed by atoms with Crippen molar-refractivity contribution in [3.8, 4) is 0 Å². The summed E-state index contributed by atoms with van der Waals surface area (Å²) in [6, 6.07) is 0. The minimum absolute atomic E-state index is 0.148. The Balaban J connectivity index is 2.75. The summed E-state index contributed by atoms with van der Waals surface area (Å²) in [6.07, 6.45) is 0. The first-order valence-corrected chi connectivity index (χ1v) is 6.50. The number of aliphatic hydroxyl groups is 1. The molecule has 0 aromatic heterocycles. The van der Waals surface area contributed by atoms with Crippen molar-refractivity contribution in [1.82, 2.24) is 4.90 Å². The third kappa shape index (κ3) is 3.53. The van der Waals surface area contributed by atoms with Gasteiger partial charge in [0.25, 0.3) is 0 Å². The average molecular weight is 257 g/mol. The molecule has 1 N–H and O–H groups in total. The van der Waals surface area contributed by atoms with Gasteiger partial charge in [-0.15, -0.1) is 0 Å². The van der Waals surface area contributed by atoms with Gasteiger partial charge in [-0.1, -0.05) is 0 Å². The molecule has 0 amide bonds. The highest BCUT2D eigenvalue weighted by molar-refractivity contribution is 5.91. The summed E-state index contributed by atoms with van der Waals surface area (Å²) in [5.41, 5.74) is -1.91. The molecule has 0 radical (unpaired) electrons. The summed E-state index contributed by atoms with van der Waals surface area (Å²) >= 11 is 0. The molecule has 1 heterocycles. The van der Waals surface area contributed by atoms with Crippen molar-refractivity contribution in [3.05, 3.63) is 0 Å². The number of carbonyl (C=O) groups is 1. The van der Waals surface area contributed by atoms with E-state index in [1.54, 1.807) is 13.8 Å². The Labute approximate surface area is 110 Å². The van der Waals surface area contributed by atoms with E-state index in [9.17, 15) is 9.90 Å². The van der Waals surface area contributed by atoms with Gasteiger partial charge in [0, 0.05) is 13.1 Å². The van der Waals surface area contributed by atoms with Gasteiger partial charge in [0.2, 0.25) is 0 Å². The second-order valence-corrected chi connectivity index (χ2v) is 7.14. The number of Topliss-reactive ketones (excluding diaryl/α,β-unsaturated/α-hetero) is 1. The van der Waals surface area contributed by atoms with Crippen molar-refractivity contribution in [2.75, 3.05) is 20.1 Å². The van der Waals surface area contributed by atoms with Crippen molar-refractivity contribution >= 4 is 5.78 Å². The maximum Gasteiger partial charge on any atom is 0.171 e. The van der Waals surface area contributed by atoms with E-state index in [2.05, 4.69) is 0 Å². The average Bonchev–Trinajstić information content (AvgIpc) is 2.20. The third-order valence-corrected chi connectivity index (χ3v) is 3.42. The normalized spacial score (nSPS) is 26.9. The van der Waals surface area contributed by atoms with E-state index in [4.69, 9.17) is 4.74 Å². The van der Waals surface area contributed by atoms with Crippen LogP contribution in [-0.2, 0) is 9.53 Å². The Bertz CT molecular complexity index is 328. The molecule has 0 saturated carbocycles. The van der Waals surface area contributed by atoms with Crippen molar-refractivity contribution in [2.24, 2.45) is 5.92 Å². The van der Waals surface area contributed by atoms with Crippen LogP contribution in [-0.4, -0.2) is 52.7 Å². The fourth-order valence-corrected chi connectivity index (χ4v) is 2.85. The minimum atomic E-state index is -0.753. The molecule has 106 valence electrons. The lowest BCUT2D eigenvalue weighted by Gasteiger charge is -2.31. The predicted octanol–water partition coefficient (Wildman–Crippen LogP) is 1.46. The van der Waals surface area contributed by atoms with Gasteiger partial charge >= 0.3 is 0 Å². The van der Waals surface area contributed by atoms with Crippen LogP contribution in [0.15, 0.2) is 0 Å². The van der Waals surface area contributed by atoms with Crippen LogP contribution in [0.2, 0.25) is 0 Å². The smallest absolute Gasteiger partial charge is 0.171 e. The van der Waals surface area contributed by atoms with E-state index in [-0.39, 0.29) is 11.7 Å². The van der Waals surface area contributed by atoms with Crippen LogP contribution in [0.5, 0.6) is 0 Å². The van der Waals surface area contributed by atoms with E-state index in [0.717, 1.165) is 0 Å². The second-order valence-electron chi connectivity index (χ2n) is 7.14. The predicted molar refractivity (Wildman–Crippen MR) is 71.5 cm³/mol. The largest absolute Gasteiger partial charge is 0.389 e. The molecule has 1 fully saturated rings. The summed E-state index contributed by atoms with van der Waals surface area (Å²) in [5.74, 6) is -0.00468. The summed E-state index contributed by atoms with van der Waals surface area (Å²) < 4.78 is 5.85. The van der Waals surface area contributed by atoms with Gasteiger partial charge in [-0.05, 0) is 48.6 Å². The van der Waals surface area contributed by atoms with Crippen LogP contribution in [0.1, 0.15) is 41.5 Å². The lowest BCUT2D eigenvalue weighted by molar-refractivity contribution is -0.132. The number of ketones is 1. The van der Waals surface area contributed by atoms with Crippen molar-refractivity contribution in [1.29, 1.82) is 0 Å². The van der Waals surface area contributed by atoms with Gasteiger partial charge in [0.05, 0.1) is 17.1 Å². The summed E-state index contributed by atoms with van der Waals surface area (Å²) in [7, 11) is 1.92. The number of likely N-dealkylation sites (N-methyl/N-ethyl adjacent to an activating group) is 1. The second kappa shape index (κ2) is 4.58. The van der Waals surface area contributed by atoms with Crippen LogP contribution in [0.25, 0.3) is 0 Å². The maximum atomic E-state index is 12.3. The van der Waals surface area contributed by atoms with Crippen LogP contribution < -0.4 is 0 Å². The van der Waals surface area contributed by atoms with Crippen LogP contribution >= 0.6 is 0 Å². The SMILES string of the molecule is CN(CC1C(=O)C(C)(C)OC1(C)C)CC(C)(C)O. The molecular weight excluding hydrogens is 230 g/mol. The molecule has 1 aliphatic rings. The molecule has 0 bridgehead atoms. The molecular formula is C14H27NO3. The highest BCUT2D eigenvalue weighted by Gasteiger charge is 2.53. The Morgan fingerprint density at radius 3 is 2.17 bits per heavy atom. The first-order valence-electron chi connectivity index (χ1n) is 6.50. The van der Waals surface area contributed by atoms with Crippen LogP contribution in [0.4, 0.5) is 0 Å². The standard InChI is InChI=1S/C14H27NO3/c1-12(2,17)9-15(7)8-10-11(16)14(5,6)18-13(10,3)4/h10,17H,8-9H2,1-7H3. The lowest BCUT2D eigenvalue weighted by Crippen LogP contribution is -2.44. The van der Waals surface area contributed by atoms with Gasteiger partial charge in [0.1, 0.15) is 5.60 Å². The number of carbonyl (C=O) groups excluding carboxylic acids is 1. The van der Waals surface area contributed by atoms with Crippen molar-refractivity contribution in [2.45, 2.75) is 58.3 Å². The van der Waals surface area contributed by atoms with Gasteiger partial charge in [-0.2, -0.15) is 0 Å². The van der Waals surface area contributed by atoms with Crippen molar-refractivity contribution in [3.63, 3.8) is 0 Å². The molecule has 1 unspecified atom stereocenters. The zero-order valence-electron chi connectivity index (χ0n) is 12.7. The third-order valence-electron chi connectivity index (χ3n) is 3.42. The zero-order valence-corrected chi connectivity index (χ0v) is 12.7. The molecule has 0 aromatic rings. The molecule has 0 spiro atoms. The molecule has 1 rings (SSSR count). The molecule has 1 atom stereocenters. The molecule has 4 nitrogen and oxygen atoms in total. The Morgan fingerprint density at radius 1 is 1.33 bits per heavy atom. The molecule has 0 aliphatic carbocycles. The fraction of sp³-hybridized carbons (Fsp3) is 0.929. The first-order chi connectivity index (χ1) is 7.85. The van der Waals surface area contributed by atoms with E-state index < -0.39 is 16.8 Å². The van der Waals surface area contributed by atoms with Crippen molar-refractivity contribution < 1.29 is 14.6 Å². The molecule has 0 aromatic carbocycles. The number of rotatable bonds is 4. The molecule has 1 saturated heterocycles. The summed E-state index contributed by atoms with van der Waals surface area (Å²) in [4.78, 5) is 14.3. The number of ether oxygens (including phenoxy) is 1. The minimum Gasteiger partial charge on any atom is -0.389 e. The zero-order chi connectivity index (χ0) is 14.4. The topological polar surface area (TPSA) is 49.8 Å². The molecule has 1 aliphatic heterocycles.